The molecule has 0 amide bonds. The molecule has 0 unspecified atom stereocenters. The van der Waals surface area contributed by atoms with Gasteiger partial charge in [-0.1, -0.05) is 0 Å². The molecule has 1 aromatic carbocycles. The van der Waals surface area contributed by atoms with Crippen LogP contribution < -0.4 is 0 Å². The number of carbonyl (C=O) groups is 1. The molecule has 0 aliphatic heterocycles. The second kappa shape index (κ2) is 5.74. The van der Waals surface area contributed by atoms with Crippen LogP contribution in [-0.4, -0.2) is 22.5 Å². The normalized spacial score (nSPS) is 10.3. The number of hydrogen-bond donors (Lipinski definition) is 0. The zero-order valence-corrected chi connectivity index (χ0v) is 11.1. The second-order valence-electron chi connectivity index (χ2n) is 3.68. The lowest BCUT2D eigenvalue weighted by Crippen LogP contribution is -2.04. The maximum Gasteiger partial charge on any atom is 0.357 e. The molecule has 0 bridgehead atoms. The van der Waals surface area contributed by atoms with Gasteiger partial charge in [0.05, 0.1) is 17.1 Å². The minimum absolute atomic E-state index is 0.0375. The van der Waals surface area contributed by atoms with Crippen molar-refractivity contribution >= 4 is 23.0 Å². The first-order valence-corrected chi connectivity index (χ1v) is 6.48. The van der Waals surface area contributed by atoms with Gasteiger partial charge in [-0.25, -0.2) is 14.2 Å². The number of hydrogen-bond acceptors (Lipinski definition) is 6. The largest absolute Gasteiger partial charge is 0.461 e. The first-order valence-electron chi connectivity index (χ1n) is 5.60. The van der Waals surface area contributed by atoms with Crippen LogP contribution in [0.25, 0.3) is 10.6 Å². The van der Waals surface area contributed by atoms with Crippen LogP contribution in [-0.2, 0) is 4.74 Å². The third-order valence-corrected chi connectivity index (χ3v) is 3.25. The van der Waals surface area contributed by atoms with Crippen LogP contribution in [0.15, 0.2) is 23.6 Å². The van der Waals surface area contributed by atoms with Crippen molar-refractivity contribution in [1.29, 1.82) is 0 Å². The summed E-state index contributed by atoms with van der Waals surface area (Å²) >= 11 is 1.01. The van der Waals surface area contributed by atoms with Gasteiger partial charge in [0.15, 0.2) is 5.69 Å². The van der Waals surface area contributed by atoms with Crippen LogP contribution >= 0.6 is 11.3 Å². The van der Waals surface area contributed by atoms with E-state index in [2.05, 4.69) is 4.98 Å². The Balaban J connectivity index is 2.44. The molecule has 104 valence electrons. The fraction of sp³-hybridized carbons (Fsp3) is 0.167. The minimum Gasteiger partial charge on any atom is -0.461 e. The molecule has 0 N–H and O–H groups in total. The third-order valence-electron chi connectivity index (χ3n) is 2.37. The van der Waals surface area contributed by atoms with E-state index >= 15 is 0 Å². The van der Waals surface area contributed by atoms with Crippen molar-refractivity contribution in [3.05, 3.63) is 45.2 Å². The van der Waals surface area contributed by atoms with Crippen molar-refractivity contribution in [2.75, 3.05) is 6.61 Å². The van der Waals surface area contributed by atoms with Gasteiger partial charge in [0, 0.05) is 11.4 Å². The summed E-state index contributed by atoms with van der Waals surface area (Å²) in [6, 6.07) is 3.09. The average molecular weight is 296 g/mol. The predicted molar refractivity (Wildman–Crippen MR) is 70.1 cm³/mol. The summed E-state index contributed by atoms with van der Waals surface area (Å²) in [5, 5.41) is 12.5. The van der Waals surface area contributed by atoms with E-state index in [1.165, 1.54) is 5.38 Å². The molecule has 2 rings (SSSR count). The summed E-state index contributed by atoms with van der Waals surface area (Å²) < 4.78 is 18.0. The smallest absolute Gasteiger partial charge is 0.357 e. The topological polar surface area (TPSA) is 82.3 Å². The molecule has 0 aliphatic rings. The van der Waals surface area contributed by atoms with Gasteiger partial charge in [-0.15, -0.1) is 11.3 Å². The van der Waals surface area contributed by atoms with Crippen molar-refractivity contribution in [1.82, 2.24) is 4.98 Å². The van der Waals surface area contributed by atoms with Crippen LogP contribution in [0.5, 0.6) is 0 Å². The van der Waals surface area contributed by atoms with Gasteiger partial charge in [-0.05, 0) is 19.1 Å². The molecule has 6 nitrogen and oxygen atoms in total. The maximum atomic E-state index is 13.2. The minimum atomic E-state index is -0.625. The third kappa shape index (κ3) is 2.80. The molecule has 0 saturated carbocycles. The van der Waals surface area contributed by atoms with Gasteiger partial charge < -0.3 is 4.74 Å². The Kier molecular flexibility index (Phi) is 4.04. The highest BCUT2D eigenvalue weighted by molar-refractivity contribution is 7.13. The number of rotatable bonds is 4. The number of thiazole rings is 1. The highest BCUT2D eigenvalue weighted by atomic mass is 32.1. The fourth-order valence-electron chi connectivity index (χ4n) is 1.54. The number of ether oxygens (including phenoxy) is 1. The summed E-state index contributed by atoms with van der Waals surface area (Å²) in [5.41, 5.74) is -0.183. The molecule has 8 heteroatoms. The van der Waals surface area contributed by atoms with Gasteiger partial charge in [0.25, 0.3) is 5.69 Å². The van der Waals surface area contributed by atoms with Crippen molar-refractivity contribution in [2.45, 2.75) is 6.92 Å². The predicted octanol–water partition coefficient (Wildman–Crippen LogP) is 3.03. The lowest BCUT2D eigenvalue weighted by molar-refractivity contribution is -0.384. The molecule has 2 aromatic rings. The van der Waals surface area contributed by atoms with E-state index in [4.69, 9.17) is 4.74 Å². The fourth-order valence-corrected chi connectivity index (χ4v) is 2.35. The van der Waals surface area contributed by atoms with Crippen molar-refractivity contribution in [3.8, 4) is 10.6 Å². The number of benzene rings is 1. The molecule has 0 saturated heterocycles. The molecule has 0 spiro atoms. The van der Waals surface area contributed by atoms with E-state index in [9.17, 15) is 19.3 Å². The Morgan fingerprint density at radius 1 is 1.55 bits per heavy atom. The summed E-state index contributed by atoms with van der Waals surface area (Å²) in [6.07, 6.45) is 0. The van der Waals surface area contributed by atoms with E-state index < -0.39 is 16.7 Å². The van der Waals surface area contributed by atoms with Crippen LogP contribution in [0, 0.1) is 15.9 Å². The van der Waals surface area contributed by atoms with Gasteiger partial charge in [-0.3, -0.25) is 10.1 Å². The lowest BCUT2D eigenvalue weighted by atomic mass is 10.2. The van der Waals surface area contributed by atoms with E-state index in [1.54, 1.807) is 6.92 Å². The van der Waals surface area contributed by atoms with E-state index in [0.717, 1.165) is 29.5 Å². The monoisotopic (exact) mass is 296 g/mol. The number of nitro groups is 1. The zero-order valence-electron chi connectivity index (χ0n) is 10.3. The first kappa shape index (κ1) is 14.1. The molecule has 20 heavy (non-hydrogen) atoms. The number of nitro benzene ring substituents is 1. The Labute approximate surface area is 117 Å². The van der Waals surface area contributed by atoms with Gasteiger partial charge >= 0.3 is 5.97 Å². The Morgan fingerprint density at radius 3 is 2.95 bits per heavy atom. The highest BCUT2D eigenvalue weighted by Gasteiger charge is 2.20. The molecule has 1 aromatic heterocycles. The SMILES string of the molecule is CCOC(=O)c1csc(-c2cc(F)ccc2[N+](=O)[O-])n1. The van der Waals surface area contributed by atoms with Gasteiger partial charge in [0.1, 0.15) is 10.8 Å². The molecule has 0 aliphatic carbocycles. The Bertz CT molecular complexity index is 671. The number of nitrogens with zero attached hydrogens (tertiary/aromatic N) is 2. The summed E-state index contributed by atoms with van der Waals surface area (Å²) in [5.74, 6) is -1.23. The van der Waals surface area contributed by atoms with E-state index in [-0.39, 0.29) is 28.6 Å². The Morgan fingerprint density at radius 2 is 2.30 bits per heavy atom. The second-order valence-corrected chi connectivity index (χ2v) is 4.54. The molecular formula is C12H9FN2O4S. The Hall–Kier alpha value is -2.35. The first-order chi connectivity index (χ1) is 9.52. The molecule has 0 fully saturated rings. The number of aromatic nitrogens is 1. The van der Waals surface area contributed by atoms with Crippen LogP contribution in [0.3, 0.4) is 0 Å². The van der Waals surface area contributed by atoms with Crippen molar-refractivity contribution in [2.24, 2.45) is 0 Å². The summed E-state index contributed by atoms with van der Waals surface area (Å²) in [6.45, 7) is 1.86. The quantitative estimate of drug-likeness (QED) is 0.492. The zero-order chi connectivity index (χ0) is 14.7. The van der Waals surface area contributed by atoms with Gasteiger partial charge in [-0.2, -0.15) is 0 Å². The van der Waals surface area contributed by atoms with Crippen molar-refractivity contribution in [3.63, 3.8) is 0 Å². The molecule has 1 heterocycles. The number of halogens is 1. The maximum absolute atomic E-state index is 13.2. The molecule has 0 atom stereocenters. The average Bonchev–Trinajstić information content (AvgIpc) is 2.88. The molecular weight excluding hydrogens is 287 g/mol. The van der Waals surface area contributed by atoms with E-state index in [1.807, 2.05) is 0 Å². The van der Waals surface area contributed by atoms with Crippen LogP contribution in [0.4, 0.5) is 10.1 Å². The van der Waals surface area contributed by atoms with Crippen LogP contribution in [0.2, 0.25) is 0 Å². The molecule has 0 radical (unpaired) electrons. The van der Waals surface area contributed by atoms with Crippen LogP contribution in [0.1, 0.15) is 17.4 Å². The summed E-state index contributed by atoms with van der Waals surface area (Å²) in [4.78, 5) is 25.7. The number of carbonyl (C=O) groups excluding carboxylic acids is 1. The number of esters is 1. The standard InChI is InChI=1S/C12H9FN2O4S/c1-2-19-12(16)9-6-20-11(14-9)8-5-7(13)3-4-10(8)15(17)18/h3-6H,2H2,1H3. The lowest BCUT2D eigenvalue weighted by Gasteiger charge is -1.99. The highest BCUT2D eigenvalue weighted by Crippen LogP contribution is 2.32. The van der Waals surface area contributed by atoms with Crippen molar-refractivity contribution < 1.29 is 18.8 Å². The summed E-state index contributed by atoms with van der Waals surface area (Å²) in [7, 11) is 0. The van der Waals surface area contributed by atoms with Gasteiger partial charge in [0.2, 0.25) is 0 Å². The van der Waals surface area contributed by atoms with E-state index in [0.29, 0.717) is 0 Å².